The van der Waals surface area contributed by atoms with E-state index in [1.165, 1.54) is 0 Å². The predicted molar refractivity (Wildman–Crippen MR) is 75.9 cm³/mol. The number of hydrogen-bond donors (Lipinski definition) is 2. The normalized spacial score (nSPS) is 12.2. The molecule has 0 aliphatic rings. The molecule has 0 saturated heterocycles. The van der Waals surface area contributed by atoms with Crippen molar-refractivity contribution in [3.05, 3.63) is 40.9 Å². The molecule has 0 spiro atoms. The molecule has 1 unspecified atom stereocenters. The average Bonchev–Trinajstić information content (AvgIpc) is 2.81. The van der Waals surface area contributed by atoms with Crippen molar-refractivity contribution in [2.45, 2.75) is 19.9 Å². The number of aliphatic hydroxyl groups excluding tert-OH is 1. The number of amides is 1. The van der Waals surface area contributed by atoms with Crippen LogP contribution in [0.1, 0.15) is 23.5 Å². The van der Waals surface area contributed by atoms with E-state index in [2.05, 4.69) is 10.3 Å². The van der Waals surface area contributed by atoms with E-state index in [9.17, 15) is 4.79 Å². The first-order chi connectivity index (χ1) is 9.11. The Morgan fingerprint density at radius 3 is 2.74 bits per heavy atom. The molecule has 5 heteroatoms. The molecule has 2 rings (SSSR count). The summed E-state index contributed by atoms with van der Waals surface area (Å²) >= 11 is 1.57. The van der Waals surface area contributed by atoms with E-state index in [1.807, 2.05) is 44.2 Å². The van der Waals surface area contributed by atoms with Crippen molar-refractivity contribution in [3.63, 3.8) is 0 Å². The lowest BCUT2D eigenvalue weighted by Crippen LogP contribution is -2.28. The number of aryl methyl sites for hydroxylation is 1. The fraction of sp³-hybridized carbons (Fsp3) is 0.286. The molecule has 0 radical (unpaired) electrons. The van der Waals surface area contributed by atoms with Gasteiger partial charge in [0.15, 0.2) is 0 Å². The molecule has 2 aromatic rings. The van der Waals surface area contributed by atoms with Crippen LogP contribution < -0.4 is 5.32 Å². The van der Waals surface area contributed by atoms with Gasteiger partial charge in [0.2, 0.25) is 5.91 Å². The number of carbonyl (C=O) groups excluding carboxylic acids is 1. The second kappa shape index (κ2) is 5.95. The maximum absolute atomic E-state index is 11.2. The molecule has 1 heterocycles. The lowest BCUT2D eigenvalue weighted by atomic mass is 10.2. The van der Waals surface area contributed by atoms with Crippen LogP contribution in [0.25, 0.3) is 10.6 Å². The largest absolute Gasteiger partial charge is 0.387 e. The molecule has 1 aromatic carbocycles. The summed E-state index contributed by atoms with van der Waals surface area (Å²) in [6, 6.07) is 9.80. The monoisotopic (exact) mass is 276 g/mol. The van der Waals surface area contributed by atoms with Gasteiger partial charge >= 0.3 is 0 Å². The van der Waals surface area contributed by atoms with Crippen LogP contribution >= 0.6 is 11.3 Å². The molecule has 1 atom stereocenters. The summed E-state index contributed by atoms with van der Waals surface area (Å²) in [5.41, 5.74) is 1.98. The highest BCUT2D eigenvalue weighted by atomic mass is 32.1. The Morgan fingerprint density at radius 2 is 2.11 bits per heavy atom. The molecule has 4 nitrogen and oxygen atoms in total. The lowest BCUT2D eigenvalue weighted by Gasteiger charge is -2.11. The summed E-state index contributed by atoms with van der Waals surface area (Å²) in [5, 5.41) is 12.4. The molecule has 0 bridgehead atoms. The number of hydrogen-bond acceptors (Lipinski definition) is 4. The molecule has 1 amide bonds. The van der Waals surface area contributed by atoms with Gasteiger partial charge in [0, 0.05) is 5.56 Å². The zero-order chi connectivity index (χ0) is 13.8. The standard InChI is InChI=1S/C14H16N2O2S/c1-9(15-12(18)8-17)13-10(2)16-14(19-13)11-6-4-3-5-7-11/h3-7,9,17H,8H2,1-2H3,(H,15,18). The van der Waals surface area contributed by atoms with Crippen molar-refractivity contribution in [2.24, 2.45) is 0 Å². The van der Waals surface area contributed by atoms with Gasteiger partial charge in [0.25, 0.3) is 0 Å². The fourth-order valence-corrected chi connectivity index (χ4v) is 2.94. The number of carbonyl (C=O) groups is 1. The van der Waals surface area contributed by atoms with Crippen LogP contribution in [0, 0.1) is 6.92 Å². The van der Waals surface area contributed by atoms with E-state index >= 15 is 0 Å². The van der Waals surface area contributed by atoms with Gasteiger partial charge in [-0.15, -0.1) is 11.3 Å². The van der Waals surface area contributed by atoms with E-state index in [1.54, 1.807) is 11.3 Å². The third-order valence-corrected chi connectivity index (χ3v) is 4.16. The Kier molecular flexibility index (Phi) is 4.29. The zero-order valence-corrected chi connectivity index (χ0v) is 11.7. The number of nitrogens with zero attached hydrogens (tertiary/aromatic N) is 1. The molecule has 1 aromatic heterocycles. The van der Waals surface area contributed by atoms with Crippen molar-refractivity contribution in [3.8, 4) is 10.6 Å². The molecule has 100 valence electrons. The van der Waals surface area contributed by atoms with Crippen LogP contribution in [0.2, 0.25) is 0 Å². The zero-order valence-electron chi connectivity index (χ0n) is 10.9. The summed E-state index contributed by atoms with van der Waals surface area (Å²) in [4.78, 5) is 16.8. The highest BCUT2D eigenvalue weighted by molar-refractivity contribution is 7.15. The van der Waals surface area contributed by atoms with Crippen LogP contribution in [0.5, 0.6) is 0 Å². The summed E-state index contributed by atoms with van der Waals surface area (Å²) in [7, 11) is 0. The van der Waals surface area contributed by atoms with Crippen molar-refractivity contribution < 1.29 is 9.90 Å². The molecule has 0 aliphatic heterocycles. The minimum absolute atomic E-state index is 0.144. The van der Waals surface area contributed by atoms with Gasteiger partial charge in [-0.3, -0.25) is 4.79 Å². The Balaban J connectivity index is 2.24. The number of thiazole rings is 1. The fourth-order valence-electron chi connectivity index (χ4n) is 1.87. The first kappa shape index (κ1) is 13.7. The summed E-state index contributed by atoms with van der Waals surface area (Å²) in [6.07, 6.45) is 0. The van der Waals surface area contributed by atoms with Crippen molar-refractivity contribution in [1.29, 1.82) is 0 Å². The van der Waals surface area contributed by atoms with Crippen LogP contribution in [0.15, 0.2) is 30.3 Å². The minimum Gasteiger partial charge on any atom is -0.387 e. The third kappa shape index (κ3) is 3.19. The van der Waals surface area contributed by atoms with Gasteiger partial charge in [0.05, 0.1) is 16.6 Å². The molecule has 2 N–H and O–H groups in total. The number of aromatic nitrogens is 1. The highest BCUT2D eigenvalue weighted by Crippen LogP contribution is 2.31. The average molecular weight is 276 g/mol. The summed E-state index contributed by atoms with van der Waals surface area (Å²) in [6.45, 7) is 3.33. The summed E-state index contributed by atoms with van der Waals surface area (Å²) < 4.78 is 0. The minimum atomic E-state index is -0.492. The van der Waals surface area contributed by atoms with Gasteiger partial charge < -0.3 is 10.4 Å². The molecule has 0 fully saturated rings. The Bertz CT molecular complexity index is 566. The topological polar surface area (TPSA) is 62.2 Å². The first-order valence-corrected chi connectivity index (χ1v) is 6.86. The Labute approximate surface area is 116 Å². The molecular formula is C14H16N2O2S. The number of benzene rings is 1. The highest BCUT2D eigenvalue weighted by Gasteiger charge is 2.16. The van der Waals surface area contributed by atoms with Crippen molar-refractivity contribution in [1.82, 2.24) is 10.3 Å². The van der Waals surface area contributed by atoms with Crippen molar-refractivity contribution >= 4 is 17.2 Å². The maximum Gasteiger partial charge on any atom is 0.246 e. The van der Waals surface area contributed by atoms with E-state index in [-0.39, 0.29) is 11.9 Å². The quantitative estimate of drug-likeness (QED) is 0.900. The van der Waals surface area contributed by atoms with Crippen LogP contribution in [0.3, 0.4) is 0 Å². The van der Waals surface area contributed by atoms with E-state index in [4.69, 9.17) is 5.11 Å². The van der Waals surface area contributed by atoms with Crippen LogP contribution in [0.4, 0.5) is 0 Å². The van der Waals surface area contributed by atoms with Crippen LogP contribution in [-0.2, 0) is 4.79 Å². The third-order valence-electron chi connectivity index (χ3n) is 2.77. The molecule has 19 heavy (non-hydrogen) atoms. The maximum atomic E-state index is 11.2. The van der Waals surface area contributed by atoms with Gasteiger partial charge in [-0.2, -0.15) is 0 Å². The van der Waals surface area contributed by atoms with Crippen LogP contribution in [-0.4, -0.2) is 22.6 Å². The lowest BCUT2D eigenvalue weighted by molar-refractivity contribution is -0.124. The Morgan fingerprint density at radius 1 is 1.42 bits per heavy atom. The smallest absolute Gasteiger partial charge is 0.246 e. The Hall–Kier alpha value is -1.72. The van der Waals surface area contributed by atoms with E-state index in [0.29, 0.717) is 0 Å². The number of rotatable bonds is 4. The molecular weight excluding hydrogens is 260 g/mol. The van der Waals surface area contributed by atoms with Gasteiger partial charge in [0.1, 0.15) is 11.6 Å². The number of aliphatic hydroxyl groups is 1. The van der Waals surface area contributed by atoms with E-state index in [0.717, 1.165) is 21.1 Å². The second-order valence-electron chi connectivity index (χ2n) is 4.28. The van der Waals surface area contributed by atoms with Gasteiger partial charge in [-0.05, 0) is 13.8 Å². The van der Waals surface area contributed by atoms with E-state index < -0.39 is 6.61 Å². The number of nitrogens with one attached hydrogen (secondary N) is 1. The molecule has 0 saturated carbocycles. The first-order valence-electron chi connectivity index (χ1n) is 6.04. The summed E-state index contributed by atoms with van der Waals surface area (Å²) in [5.74, 6) is -0.374. The predicted octanol–water partition coefficient (Wildman–Crippen LogP) is 2.29. The SMILES string of the molecule is Cc1nc(-c2ccccc2)sc1C(C)NC(=O)CO. The second-order valence-corrected chi connectivity index (χ2v) is 5.31. The molecule has 0 aliphatic carbocycles. The van der Waals surface area contributed by atoms with Crippen molar-refractivity contribution in [2.75, 3.05) is 6.61 Å². The van der Waals surface area contributed by atoms with Gasteiger partial charge in [-0.25, -0.2) is 4.98 Å². The van der Waals surface area contributed by atoms with Gasteiger partial charge in [-0.1, -0.05) is 30.3 Å².